The Labute approximate surface area is 169 Å². The minimum Gasteiger partial charge on any atom is -0.494 e. The summed E-state index contributed by atoms with van der Waals surface area (Å²) in [6.07, 6.45) is 0.115. The molecule has 0 radical (unpaired) electrons. The smallest absolute Gasteiger partial charge is 0.263 e. The largest absolute Gasteiger partial charge is 0.494 e. The van der Waals surface area contributed by atoms with Gasteiger partial charge in [-0.2, -0.15) is 0 Å². The number of amides is 1. The van der Waals surface area contributed by atoms with Gasteiger partial charge in [0, 0.05) is 11.6 Å². The molecule has 1 N–H and O–H groups in total. The highest BCUT2D eigenvalue weighted by Gasteiger charge is 2.35. The van der Waals surface area contributed by atoms with Gasteiger partial charge in [-0.1, -0.05) is 23.7 Å². The van der Waals surface area contributed by atoms with E-state index < -0.39 is 22.0 Å². The second kappa shape index (κ2) is 8.28. The standard InChI is InChI=1S/C19H21ClN2O5S/c1-3-26-15-7-4-13(5-8-15)11-21-19(23)18-12-22(28(2,24)25)16-10-14(20)6-9-17(16)27-18/h4-10,18H,3,11-12H2,1-2H3,(H,21,23)/t18-/m1/s1. The summed E-state index contributed by atoms with van der Waals surface area (Å²) < 4.78 is 36.6. The first-order valence-corrected chi connectivity index (χ1v) is 10.9. The minimum absolute atomic E-state index is 0.124. The van der Waals surface area contributed by atoms with E-state index in [1.807, 2.05) is 31.2 Å². The number of nitrogens with one attached hydrogen (secondary N) is 1. The molecule has 3 rings (SSSR count). The van der Waals surface area contributed by atoms with Crippen molar-refractivity contribution in [1.82, 2.24) is 5.32 Å². The van der Waals surface area contributed by atoms with Crippen LogP contribution in [0.5, 0.6) is 11.5 Å². The monoisotopic (exact) mass is 424 g/mol. The fourth-order valence-electron chi connectivity index (χ4n) is 2.85. The summed E-state index contributed by atoms with van der Waals surface area (Å²) in [6, 6.07) is 12.0. The maximum absolute atomic E-state index is 12.6. The van der Waals surface area contributed by atoms with Crippen molar-refractivity contribution in [2.24, 2.45) is 0 Å². The van der Waals surface area contributed by atoms with Gasteiger partial charge in [-0.15, -0.1) is 0 Å². The molecule has 0 aromatic heterocycles. The van der Waals surface area contributed by atoms with E-state index in [4.69, 9.17) is 21.1 Å². The van der Waals surface area contributed by atoms with E-state index in [0.29, 0.717) is 23.1 Å². The van der Waals surface area contributed by atoms with Crippen LogP contribution in [0.1, 0.15) is 12.5 Å². The molecule has 7 nitrogen and oxygen atoms in total. The van der Waals surface area contributed by atoms with Crippen LogP contribution in [0.25, 0.3) is 0 Å². The molecule has 1 aliphatic rings. The minimum atomic E-state index is -3.60. The van der Waals surface area contributed by atoms with E-state index in [1.54, 1.807) is 12.1 Å². The Morgan fingerprint density at radius 1 is 1.29 bits per heavy atom. The van der Waals surface area contributed by atoms with E-state index in [-0.39, 0.29) is 13.1 Å². The molecule has 0 fully saturated rings. The van der Waals surface area contributed by atoms with Crippen LogP contribution in [0, 0.1) is 0 Å². The van der Waals surface area contributed by atoms with Gasteiger partial charge in [-0.25, -0.2) is 8.42 Å². The summed E-state index contributed by atoms with van der Waals surface area (Å²) in [5, 5.41) is 3.17. The van der Waals surface area contributed by atoms with Crippen LogP contribution in [-0.4, -0.2) is 39.8 Å². The molecular formula is C19H21ClN2O5S. The number of nitrogens with zero attached hydrogens (tertiary/aromatic N) is 1. The summed E-state index contributed by atoms with van der Waals surface area (Å²) in [5.74, 6) is 0.651. The molecule has 0 saturated carbocycles. The molecule has 0 bridgehead atoms. The molecule has 0 spiro atoms. The molecule has 1 aliphatic heterocycles. The molecule has 0 aliphatic carbocycles. The van der Waals surface area contributed by atoms with Gasteiger partial charge in [0.2, 0.25) is 10.0 Å². The lowest BCUT2D eigenvalue weighted by Crippen LogP contribution is -2.50. The highest BCUT2D eigenvalue weighted by atomic mass is 35.5. The molecule has 1 atom stereocenters. The molecule has 9 heteroatoms. The second-order valence-corrected chi connectivity index (χ2v) is 8.65. The Morgan fingerprint density at radius 2 is 2.00 bits per heavy atom. The number of carbonyl (C=O) groups excluding carboxylic acids is 1. The fourth-order valence-corrected chi connectivity index (χ4v) is 3.92. The zero-order chi connectivity index (χ0) is 20.3. The Balaban J connectivity index is 1.71. The Hall–Kier alpha value is -2.45. The van der Waals surface area contributed by atoms with Crippen LogP contribution < -0.4 is 19.1 Å². The van der Waals surface area contributed by atoms with Gasteiger partial charge in [0.1, 0.15) is 11.5 Å². The third kappa shape index (κ3) is 4.69. The van der Waals surface area contributed by atoms with Crippen LogP contribution in [0.2, 0.25) is 5.02 Å². The lowest BCUT2D eigenvalue weighted by Gasteiger charge is -2.34. The van der Waals surface area contributed by atoms with Crippen molar-refractivity contribution in [3.8, 4) is 11.5 Å². The molecule has 150 valence electrons. The number of sulfonamides is 1. The van der Waals surface area contributed by atoms with E-state index in [2.05, 4.69) is 5.32 Å². The molecule has 2 aromatic carbocycles. The number of rotatable bonds is 6. The summed E-state index contributed by atoms with van der Waals surface area (Å²) in [6.45, 7) is 2.65. The van der Waals surface area contributed by atoms with Gasteiger partial charge in [0.25, 0.3) is 5.91 Å². The normalized spacial score (nSPS) is 16.1. The van der Waals surface area contributed by atoms with Crippen LogP contribution in [0.15, 0.2) is 42.5 Å². The average Bonchev–Trinajstić information content (AvgIpc) is 2.65. The average molecular weight is 425 g/mol. The number of ether oxygens (including phenoxy) is 2. The maximum atomic E-state index is 12.6. The highest BCUT2D eigenvalue weighted by molar-refractivity contribution is 7.92. The van der Waals surface area contributed by atoms with Crippen molar-refractivity contribution in [2.75, 3.05) is 23.7 Å². The van der Waals surface area contributed by atoms with Crippen molar-refractivity contribution in [2.45, 2.75) is 19.6 Å². The number of fused-ring (bicyclic) bond motifs is 1. The zero-order valence-electron chi connectivity index (χ0n) is 15.5. The van der Waals surface area contributed by atoms with Crippen LogP contribution in [0.4, 0.5) is 5.69 Å². The predicted molar refractivity (Wildman–Crippen MR) is 108 cm³/mol. The van der Waals surface area contributed by atoms with Crippen molar-refractivity contribution in [1.29, 1.82) is 0 Å². The third-order valence-electron chi connectivity index (χ3n) is 4.18. The Kier molecular flexibility index (Phi) is 6.00. The first-order chi connectivity index (χ1) is 13.3. The lowest BCUT2D eigenvalue weighted by atomic mass is 10.2. The predicted octanol–water partition coefficient (Wildman–Crippen LogP) is 2.58. The van der Waals surface area contributed by atoms with Crippen LogP contribution in [0.3, 0.4) is 0 Å². The Morgan fingerprint density at radius 3 is 2.64 bits per heavy atom. The Bertz CT molecular complexity index is 963. The maximum Gasteiger partial charge on any atom is 0.263 e. The van der Waals surface area contributed by atoms with Gasteiger partial charge in [-0.05, 0) is 42.8 Å². The van der Waals surface area contributed by atoms with Crippen LogP contribution >= 0.6 is 11.6 Å². The number of anilines is 1. The van der Waals surface area contributed by atoms with Crippen LogP contribution in [-0.2, 0) is 21.4 Å². The number of benzene rings is 2. The van der Waals surface area contributed by atoms with Crippen molar-refractivity contribution < 1.29 is 22.7 Å². The lowest BCUT2D eigenvalue weighted by molar-refractivity contribution is -0.127. The molecule has 2 aromatic rings. The fraction of sp³-hybridized carbons (Fsp3) is 0.316. The highest BCUT2D eigenvalue weighted by Crippen LogP contribution is 2.37. The summed E-state index contributed by atoms with van der Waals surface area (Å²) in [4.78, 5) is 12.6. The number of halogens is 1. The van der Waals surface area contributed by atoms with Crippen molar-refractivity contribution in [3.63, 3.8) is 0 Å². The molecule has 0 saturated heterocycles. The van der Waals surface area contributed by atoms with E-state index in [0.717, 1.165) is 21.9 Å². The third-order valence-corrected chi connectivity index (χ3v) is 5.57. The topological polar surface area (TPSA) is 84.9 Å². The van der Waals surface area contributed by atoms with Gasteiger partial charge in [0.15, 0.2) is 6.10 Å². The van der Waals surface area contributed by atoms with Gasteiger partial charge in [-0.3, -0.25) is 9.10 Å². The van der Waals surface area contributed by atoms with Crippen molar-refractivity contribution >= 4 is 33.2 Å². The van der Waals surface area contributed by atoms with Crippen molar-refractivity contribution in [3.05, 3.63) is 53.1 Å². The molecule has 0 unspecified atom stereocenters. The molecule has 1 amide bonds. The van der Waals surface area contributed by atoms with Gasteiger partial charge in [0.05, 0.1) is 25.1 Å². The number of hydrogen-bond acceptors (Lipinski definition) is 5. The second-order valence-electron chi connectivity index (χ2n) is 6.31. The quantitative estimate of drug-likeness (QED) is 0.770. The zero-order valence-corrected chi connectivity index (χ0v) is 17.1. The summed E-state index contributed by atoms with van der Waals surface area (Å²) in [5.41, 5.74) is 1.21. The SMILES string of the molecule is CCOc1ccc(CNC(=O)[C@H]2CN(S(C)(=O)=O)c3cc(Cl)ccc3O2)cc1. The summed E-state index contributed by atoms with van der Waals surface area (Å²) in [7, 11) is -3.60. The van der Waals surface area contributed by atoms with Gasteiger partial charge < -0.3 is 14.8 Å². The van der Waals surface area contributed by atoms with E-state index in [9.17, 15) is 13.2 Å². The number of carbonyl (C=O) groups is 1. The van der Waals surface area contributed by atoms with E-state index in [1.165, 1.54) is 6.07 Å². The molecule has 1 heterocycles. The molecular weight excluding hydrogens is 404 g/mol. The van der Waals surface area contributed by atoms with E-state index >= 15 is 0 Å². The number of hydrogen-bond donors (Lipinski definition) is 1. The first-order valence-electron chi connectivity index (χ1n) is 8.71. The molecule has 28 heavy (non-hydrogen) atoms. The van der Waals surface area contributed by atoms with Gasteiger partial charge >= 0.3 is 0 Å². The first kappa shape index (κ1) is 20.3. The summed E-state index contributed by atoms with van der Waals surface area (Å²) >= 11 is 5.97.